The molecule has 2 atom stereocenters. The van der Waals surface area contributed by atoms with Crippen LogP contribution < -0.4 is 4.74 Å². The van der Waals surface area contributed by atoms with Crippen molar-refractivity contribution in [2.24, 2.45) is 7.05 Å². The Bertz CT molecular complexity index is 624. The van der Waals surface area contributed by atoms with Crippen molar-refractivity contribution in [2.45, 2.75) is 25.6 Å². The van der Waals surface area contributed by atoms with Gasteiger partial charge in [0.25, 0.3) is 0 Å². The summed E-state index contributed by atoms with van der Waals surface area (Å²) in [4.78, 5) is 0. The largest absolute Gasteiger partial charge is 0.485 e. The van der Waals surface area contributed by atoms with Gasteiger partial charge in [-0.05, 0) is 25.1 Å². The summed E-state index contributed by atoms with van der Waals surface area (Å²) in [5, 5.41) is 15.1. The maximum Gasteiger partial charge on any atom is 0.130 e. The molecule has 19 heavy (non-hydrogen) atoms. The van der Waals surface area contributed by atoms with E-state index in [1.54, 1.807) is 24.4 Å². The Morgan fingerprint density at radius 2 is 2.21 bits per heavy atom. The van der Waals surface area contributed by atoms with Crippen LogP contribution >= 0.6 is 11.6 Å². The van der Waals surface area contributed by atoms with Crippen molar-refractivity contribution in [1.29, 1.82) is 0 Å². The zero-order valence-electron chi connectivity index (χ0n) is 10.8. The third-order valence-corrected chi connectivity index (χ3v) is 3.89. The van der Waals surface area contributed by atoms with Gasteiger partial charge in [0, 0.05) is 35.3 Å². The van der Waals surface area contributed by atoms with E-state index in [9.17, 15) is 5.11 Å². The third-order valence-electron chi connectivity index (χ3n) is 3.66. The number of benzene rings is 1. The Kier molecular flexibility index (Phi) is 2.99. The second kappa shape index (κ2) is 4.54. The lowest BCUT2D eigenvalue weighted by atomic mass is 9.95. The molecule has 2 aromatic rings. The van der Waals surface area contributed by atoms with Gasteiger partial charge in [-0.25, -0.2) is 0 Å². The number of halogens is 1. The Labute approximate surface area is 116 Å². The molecule has 0 fully saturated rings. The lowest BCUT2D eigenvalue weighted by Crippen LogP contribution is -2.19. The van der Waals surface area contributed by atoms with Crippen LogP contribution in [-0.2, 0) is 7.05 Å². The number of rotatable bonds is 1. The molecule has 0 bridgehead atoms. The summed E-state index contributed by atoms with van der Waals surface area (Å²) in [5.41, 5.74) is 2.82. The van der Waals surface area contributed by atoms with E-state index in [4.69, 9.17) is 16.3 Å². The predicted octanol–water partition coefficient (Wildman–Crippen LogP) is 2.94. The highest BCUT2D eigenvalue weighted by Gasteiger charge is 2.30. The number of hydrogen-bond donors (Lipinski definition) is 1. The van der Waals surface area contributed by atoms with Crippen LogP contribution in [0.1, 0.15) is 35.4 Å². The molecule has 0 aliphatic carbocycles. The molecule has 4 nitrogen and oxygen atoms in total. The van der Waals surface area contributed by atoms with Gasteiger partial charge in [-0.2, -0.15) is 5.10 Å². The molecule has 3 rings (SSSR count). The molecular weight excluding hydrogens is 264 g/mol. The molecule has 1 N–H and O–H groups in total. The lowest BCUT2D eigenvalue weighted by Gasteiger charge is -2.29. The van der Waals surface area contributed by atoms with Gasteiger partial charge < -0.3 is 9.84 Å². The highest BCUT2D eigenvalue weighted by Crippen LogP contribution is 2.42. The van der Waals surface area contributed by atoms with Crippen molar-refractivity contribution in [3.8, 4) is 5.75 Å². The summed E-state index contributed by atoms with van der Waals surface area (Å²) >= 11 is 5.94. The van der Waals surface area contributed by atoms with E-state index in [2.05, 4.69) is 5.10 Å². The number of fused-ring (bicyclic) bond motifs is 1. The van der Waals surface area contributed by atoms with Gasteiger partial charge in [0.2, 0.25) is 0 Å². The van der Waals surface area contributed by atoms with Gasteiger partial charge in [-0.1, -0.05) is 11.6 Å². The minimum absolute atomic E-state index is 0.169. The monoisotopic (exact) mass is 278 g/mol. The zero-order valence-corrected chi connectivity index (χ0v) is 11.6. The number of aromatic nitrogens is 2. The molecule has 1 aliphatic heterocycles. The van der Waals surface area contributed by atoms with E-state index in [0.29, 0.717) is 17.2 Å². The minimum atomic E-state index is -0.563. The Balaban J connectivity index is 1.97. The number of nitrogens with zero attached hydrogens (tertiary/aromatic N) is 2. The van der Waals surface area contributed by atoms with E-state index in [0.717, 1.165) is 16.8 Å². The third kappa shape index (κ3) is 2.11. The van der Waals surface area contributed by atoms with Gasteiger partial charge >= 0.3 is 0 Å². The molecule has 2 heterocycles. The van der Waals surface area contributed by atoms with Crippen LogP contribution in [-0.4, -0.2) is 14.9 Å². The molecule has 1 unspecified atom stereocenters. The summed E-state index contributed by atoms with van der Waals surface area (Å²) in [6.07, 6.45) is 1.58. The SMILES string of the molecule is Cc1c(C2C[C@H](O)c3cc(Cl)ccc3O2)cnn1C. The number of aliphatic hydroxyl groups is 1. The topological polar surface area (TPSA) is 47.3 Å². The molecule has 0 saturated heterocycles. The first kappa shape index (κ1) is 12.5. The lowest BCUT2D eigenvalue weighted by molar-refractivity contribution is 0.0654. The van der Waals surface area contributed by atoms with Gasteiger partial charge in [0.1, 0.15) is 11.9 Å². The Morgan fingerprint density at radius 1 is 1.42 bits per heavy atom. The van der Waals surface area contributed by atoms with Crippen molar-refractivity contribution in [2.75, 3.05) is 0 Å². The van der Waals surface area contributed by atoms with Crippen LogP contribution in [0.25, 0.3) is 0 Å². The highest BCUT2D eigenvalue weighted by molar-refractivity contribution is 6.30. The molecule has 1 aliphatic rings. The fraction of sp³-hybridized carbons (Fsp3) is 0.357. The summed E-state index contributed by atoms with van der Waals surface area (Å²) < 4.78 is 7.77. The van der Waals surface area contributed by atoms with E-state index in [-0.39, 0.29) is 6.10 Å². The Hall–Kier alpha value is -1.52. The smallest absolute Gasteiger partial charge is 0.130 e. The molecule has 0 amide bonds. The fourth-order valence-corrected chi connectivity index (χ4v) is 2.62. The first-order valence-electron chi connectivity index (χ1n) is 6.19. The first-order valence-corrected chi connectivity index (χ1v) is 6.56. The first-order chi connectivity index (χ1) is 9.06. The molecule has 0 spiro atoms. The molecule has 1 aromatic carbocycles. The second-order valence-electron chi connectivity index (χ2n) is 4.85. The van der Waals surface area contributed by atoms with Crippen molar-refractivity contribution in [3.05, 3.63) is 46.2 Å². The van der Waals surface area contributed by atoms with Crippen LogP contribution in [0.3, 0.4) is 0 Å². The normalized spacial score (nSPS) is 21.9. The van der Waals surface area contributed by atoms with Gasteiger partial charge in [0.15, 0.2) is 0 Å². The maximum atomic E-state index is 10.2. The van der Waals surface area contributed by atoms with Crippen molar-refractivity contribution in [3.63, 3.8) is 0 Å². The van der Waals surface area contributed by atoms with Crippen molar-refractivity contribution >= 4 is 11.6 Å². The number of aryl methyl sites for hydroxylation is 1. The average Bonchev–Trinajstić information content (AvgIpc) is 2.71. The zero-order chi connectivity index (χ0) is 13.6. The summed E-state index contributed by atoms with van der Waals surface area (Å²) in [7, 11) is 1.89. The Morgan fingerprint density at radius 3 is 2.89 bits per heavy atom. The summed E-state index contributed by atoms with van der Waals surface area (Å²) in [5.74, 6) is 0.691. The van der Waals surface area contributed by atoms with Crippen LogP contribution in [0, 0.1) is 6.92 Å². The van der Waals surface area contributed by atoms with Crippen LogP contribution in [0.2, 0.25) is 5.02 Å². The number of hydrogen-bond acceptors (Lipinski definition) is 3. The maximum absolute atomic E-state index is 10.2. The van der Waals surface area contributed by atoms with Gasteiger partial charge in [-0.15, -0.1) is 0 Å². The second-order valence-corrected chi connectivity index (χ2v) is 5.29. The van der Waals surface area contributed by atoms with E-state index >= 15 is 0 Å². The molecule has 100 valence electrons. The predicted molar refractivity (Wildman–Crippen MR) is 72.3 cm³/mol. The molecule has 0 radical (unpaired) electrons. The van der Waals surface area contributed by atoms with Gasteiger partial charge in [-0.3, -0.25) is 4.68 Å². The fourth-order valence-electron chi connectivity index (χ4n) is 2.44. The summed E-state index contributed by atoms with van der Waals surface area (Å²) in [6, 6.07) is 5.33. The molecule has 1 aromatic heterocycles. The van der Waals surface area contributed by atoms with E-state index in [1.807, 2.05) is 18.7 Å². The standard InChI is InChI=1S/C14H15ClN2O2/c1-8-11(7-16-17(8)2)14-6-12(18)10-5-9(15)3-4-13(10)19-14/h3-5,7,12,14,18H,6H2,1-2H3/t12-,14?/m0/s1. The van der Waals surface area contributed by atoms with Crippen molar-refractivity contribution in [1.82, 2.24) is 9.78 Å². The van der Waals surface area contributed by atoms with Crippen LogP contribution in [0.5, 0.6) is 5.75 Å². The molecule has 5 heteroatoms. The highest BCUT2D eigenvalue weighted by atomic mass is 35.5. The van der Waals surface area contributed by atoms with Crippen LogP contribution in [0.4, 0.5) is 0 Å². The number of ether oxygens (including phenoxy) is 1. The molecule has 0 saturated carbocycles. The van der Waals surface area contributed by atoms with Crippen LogP contribution in [0.15, 0.2) is 24.4 Å². The average molecular weight is 279 g/mol. The minimum Gasteiger partial charge on any atom is -0.485 e. The quantitative estimate of drug-likeness (QED) is 0.872. The van der Waals surface area contributed by atoms with Crippen molar-refractivity contribution < 1.29 is 9.84 Å². The van der Waals surface area contributed by atoms with E-state index in [1.165, 1.54) is 0 Å². The van der Waals surface area contributed by atoms with E-state index < -0.39 is 6.10 Å². The number of aliphatic hydroxyl groups excluding tert-OH is 1. The van der Waals surface area contributed by atoms with Gasteiger partial charge in [0.05, 0.1) is 12.3 Å². The summed E-state index contributed by atoms with van der Waals surface area (Å²) in [6.45, 7) is 2.00. The molecular formula is C14H15ClN2O2.